The number of carbonyl (C=O) groups is 2. The van der Waals surface area contributed by atoms with Crippen LogP contribution in [0.4, 0.5) is 5.69 Å². The Kier molecular flexibility index (Phi) is 5.10. The fraction of sp³-hybridized carbons (Fsp3) is 0.176. The van der Waals surface area contributed by atoms with Crippen molar-refractivity contribution in [1.82, 2.24) is 0 Å². The molecular weight excluding hydrogens is 266 g/mol. The molecule has 4 heteroatoms. The highest BCUT2D eigenvalue weighted by atomic mass is 16.4. The lowest BCUT2D eigenvalue weighted by Crippen LogP contribution is -2.22. The predicted octanol–water partition coefficient (Wildman–Crippen LogP) is 2.21. The summed E-state index contributed by atoms with van der Waals surface area (Å²) in [5.74, 6) is -1.32. The molecule has 0 aliphatic carbocycles. The molecule has 21 heavy (non-hydrogen) atoms. The maximum atomic E-state index is 11.6. The fourth-order valence-electron chi connectivity index (χ4n) is 1.99. The van der Waals surface area contributed by atoms with Crippen molar-refractivity contribution in [3.63, 3.8) is 0 Å². The third-order valence-electron chi connectivity index (χ3n) is 3.06. The zero-order valence-electron chi connectivity index (χ0n) is 11.5. The van der Waals surface area contributed by atoms with Crippen molar-refractivity contribution in [2.75, 3.05) is 5.32 Å². The molecule has 4 nitrogen and oxygen atoms in total. The first kappa shape index (κ1) is 14.8. The van der Waals surface area contributed by atoms with Gasteiger partial charge in [-0.25, -0.2) is 0 Å². The average molecular weight is 282 g/mol. The van der Waals surface area contributed by atoms with Crippen LogP contribution in [0.15, 0.2) is 54.6 Å². The lowest BCUT2D eigenvalue weighted by Gasteiger charge is -2.07. The summed E-state index contributed by atoms with van der Waals surface area (Å²) in [6.07, 6.45) is 0.366. The number of rotatable bonds is 6. The molecule has 108 valence electrons. The Hall–Kier alpha value is -2.62. The molecule has 2 aromatic carbocycles. The molecule has 0 heterocycles. The molecule has 1 N–H and O–H groups in total. The Morgan fingerprint density at radius 2 is 1.48 bits per heavy atom. The van der Waals surface area contributed by atoms with Crippen molar-refractivity contribution >= 4 is 17.6 Å². The molecule has 0 atom stereocenters. The van der Waals surface area contributed by atoms with Gasteiger partial charge in [0.1, 0.15) is 0 Å². The van der Waals surface area contributed by atoms with Gasteiger partial charge in [0.2, 0.25) is 5.91 Å². The smallest absolute Gasteiger partial charge is 0.224 e. The Morgan fingerprint density at radius 1 is 0.857 bits per heavy atom. The third kappa shape index (κ3) is 4.76. The van der Waals surface area contributed by atoms with Gasteiger partial charge in [-0.2, -0.15) is 0 Å². The second-order valence-corrected chi connectivity index (χ2v) is 4.72. The minimum absolute atomic E-state index is 0.0969. The van der Waals surface area contributed by atoms with Gasteiger partial charge in [-0.1, -0.05) is 42.5 Å². The molecule has 0 fully saturated rings. The van der Waals surface area contributed by atoms with Crippen LogP contribution in [0.25, 0.3) is 11.1 Å². The second kappa shape index (κ2) is 7.24. The van der Waals surface area contributed by atoms with Crippen LogP contribution in [0.1, 0.15) is 19.3 Å². The number of carboxylic acids is 1. The van der Waals surface area contributed by atoms with E-state index >= 15 is 0 Å². The van der Waals surface area contributed by atoms with Crippen LogP contribution < -0.4 is 10.4 Å². The maximum Gasteiger partial charge on any atom is 0.224 e. The van der Waals surface area contributed by atoms with E-state index in [2.05, 4.69) is 5.32 Å². The van der Waals surface area contributed by atoms with E-state index in [9.17, 15) is 14.7 Å². The van der Waals surface area contributed by atoms with E-state index in [1.54, 1.807) is 0 Å². The quantitative estimate of drug-likeness (QED) is 0.883. The van der Waals surface area contributed by atoms with Gasteiger partial charge in [-0.3, -0.25) is 4.79 Å². The molecule has 0 bridgehead atoms. The summed E-state index contributed by atoms with van der Waals surface area (Å²) in [7, 11) is 0. The molecule has 0 saturated carbocycles. The highest BCUT2D eigenvalue weighted by Crippen LogP contribution is 2.21. The summed E-state index contributed by atoms with van der Waals surface area (Å²) < 4.78 is 0. The van der Waals surface area contributed by atoms with Crippen LogP contribution >= 0.6 is 0 Å². The summed E-state index contributed by atoms with van der Waals surface area (Å²) >= 11 is 0. The van der Waals surface area contributed by atoms with E-state index in [1.807, 2.05) is 54.6 Å². The number of aliphatic carboxylic acids is 1. The summed E-state index contributed by atoms with van der Waals surface area (Å²) in [5, 5.41) is 13.0. The van der Waals surface area contributed by atoms with Gasteiger partial charge >= 0.3 is 0 Å². The highest BCUT2D eigenvalue weighted by Gasteiger charge is 2.03. The minimum atomic E-state index is -1.13. The maximum absolute atomic E-state index is 11.6. The van der Waals surface area contributed by atoms with Gasteiger partial charge in [-0.05, 0) is 36.1 Å². The van der Waals surface area contributed by atoms with E-state index in [0.717, 1.165) is 11.1 Å². The van der Waals surface area contributed by atoms with Gasteiger partial charge in [0.15, 0.2) is 0 Å². The lowest BCUT2D eigenvalue weighted by atomic mass is 10.1. The van der Waals surface area contributed by atoms with Crippen LogP contribution in [-0.4, -0.2) is 11.9 Å². The first-order valence-corrected chi connectivity index (χ1v) is 6.80. The molecular formula is C17H16NO3-. The van der Waals surface area contributed by atoms with Crippen LogP contribution in [0, 0.1) is 0 Å². The fourth-order valence-corrected chi connectivity index (χ4v) is 1.99. The molecule has 0 spiro atoms. The lowest BCUT2D eigenvalue weighted by molar-refractivity contribution is -0.305. The summed E-state index contributed by atoms with van der Waals surface area (Å²) in [5.41, 5.74) is 2.89. The first-order chi connectivity index (χ1) is 10.1. The number of hydrogen-bond acceptors (Lipinski definition) is 3. The molecule has 2 aromatic rings. The van der Waals surface area contributed by atoms with E-state index in [1.165, 1.54) is 0 Å². The van der Waals surface area contributed by atoms with E-state index in [0.29, 0.717) is 5.69 Å². The zero-order chi connectivity index (χ0) is 15.1. The number of anilines is 1. The molecule has 0 unspecified atom stereocenters. The second-order valence-electron chi connectivity index (χ2n) is 4.72. The molecule has 0 aromatic heterocycles. The van der Waals surface area contributed by atoms with Crippen LogP contribution in [-0.2, 0) is 9.59 Å². The third-order valence-corrected chi connectivity index (χ3v) is 3.06. The summed E-state index contributed by atoms with van der Waals surface area (Å²) in [6, 6.07) is 17.5. The Morgan fingerprint density at radius 3 is 2.10 bits per heavy atom. The summed E-state index contributed by atoms with van der Waals surface area (Å²) in [4.78, 5) is 21.9. The predicted molar refractivity (Wildman–Crippen MR) is 79.4 cm³/mol. The standard InChI is InChI=1S/C17H17NO3/c19-16(7-4-8-17(20)21)18-15-11-9-14(10-12-15)13-5-2-1-3-6-13/h1-3,5-6,9-12H,4,7-8H2,(H,18,19)(H,20,21)/p-1. The normalized spacial score (nSPS) is 10.1. The molecule has 2 rings (SSSR count). The van der Waals surface area contributed by atoms with Crippen molar-refractivity contribution in [2.45, 2.75) is 19.3 Å². The van der Waals surface area contributed by atoms with E-state index in [4.69, 9.17) is 0 Å². The summed E-state index contributed by atoms with van der Waals surface area (Å²) in [6.45, 7) is 0. The van der Waals surface area contributed by atoms with Crippen molar-refractivity contribution in [1.29, 1.82) is 0 Å². The van der Waals surface area contributed by atoms with Gasteiger partial charge in [0, 0.05) is 18.1 Å². The van der Waals surface area contributed by atoms with Crippen molar-refractivity contribution in [3.05, 3.63) is 54.6 Å². The molecule has 1 amide bonds. The zero-order valence-corrected chi connectivity index (χ0v) is 11.5. The molecule has 0 aliphatic heterocycles. The van der Waals surface area contributed by atoms with Crippen LogP contribution in [0.3, 0.4) is 0 Å². The van der Waals surface area contributed by atoms with Gasteiger partial charge in [0.25, 0.3) is 0 Å². The van der Waals surface area contributed by atoms with Crippen LogP contribution in [0.5, 0.6) is 0 Å². The van der Waals surface area contributed by atoms with Crippen molar-refractivity contribution in [3.8, 4) is 11.1 Å². The van der Waals surface area contributed by atoms with Crippen LogP contribution in [0.2, 0.25) is 0 Å². The van der Waals surface area contributed by atoms with Crippen molar-refractivity contribution in [2.24, 2.45) is 0 Å². The SMILES string of the molecule is O=C([O-])CCCC(=O)Nc1ccc(-c2ccccc2)cc1. The number of hydrogen-bond donors (Lipinski definition) is 1. The van der Waals surface area contributed by atoms with Crippen molar-refractivity contribution < 1.29 is 14.7 Å². The Labute approximate surface area is 123 Å². The number of carboxylic acid groups (broad SMARTS) is 1. The van der Waals surface area contributed by atoms with Gasteiger partial charge < -0.3 is 15.2 Å². The largest absolute Gasteiger partial charge is 0.550 e. The highest BCUT2D eigenvalue weighted by molar-refractivity contribution is 5.91. The number of amides is 1. The first-order valence-electron chi connectivity index (χ1n) is 6.80. The molecule has 0 radical (unpaired) electrons. The van der Waals surface area contributed by atoms with Gasteiger partial charge in [-0.15, -0.1) is 0 Å². The van der Waals surface area contributed by atoms with E-state index < -0.39 is 5.97 Å². The topological polar surface area (TPSA) is 69.2 Å². The Bertz CT molecular complexity index is 606. The van der Waals surface area contributed by atoms with E-state index in [-0.39, 0.29) is 25.2 Å². The van der Waals surface area contributed by atoms with Gasteiger partial charge in [0.05, 0.1) is 0 Å². The number of benzene rings is 2. The number of nitrogens with one attached hydrogen (secondary N) is 1. The number of carbonyl (C=O) groups excluding carboxylic acids is 2. The minimum Gasteiger partial charge on any atom is -0.550 e. The Balaban J connectivity index is 1.91. The average Bonchev–Trinajstić information content (AvgIpc) is 2.48. The molecule has 0 saturated heterocycles. The monoisotopic (exact) mass is 282 g/mol. The molecule has 0 aliphatic rings.